The average molecular weight is 982 g/mol. The van der Waals surface area contributed by atoms with E-state index >= 15 is 0 Å². The number of aryl methyl sites for hydroxylation is 17. The fourth-order valence-electron chi connectivity index (χ4n) is 8.80. The largest absolute Gasteiger partial charge is 0.0620 e. The zero-order valence-electron chi connectivity index (χ0n) is 50.3. The van der Waals surface area contributed by atoms with Crippen LogP contribution in [0.4, 0.5) is 0 Å². The summed E-state index contributed by atoms with van der Waals surface area (Å²) in [6.07, 6.45) is 13.8. The van der Waals surface area contributed by atoms with E-state index in [9.17, 15) is 0 Å². The molecule has 7 aromatic rings. The third-order valence-electron chi connectivity index (χ3n) is 14.1. The Hall–Kier alpha value is -5.46. The zero-order valence-corrected chi connectivity index (χ0v) is 50.3. The molecule has 0 unspecified atom stereocenters. The van der Waals surface area contributed by atoms with E-state index in [2.05, 4.69) is 271 Å². The first kappa shape index (κ1) is 65.6. The van der Waals surface area contributed by atoms with Crippen molar-refractivity contribution in [1.29, 1.82) is 0 Å². The minimum atomic E-state index is 1.14. The molecule has 0 atom stereocenters. The van der Waals surface area contributed by atoms with Gasteiger partial charge in [-0.2, -0.15) is 0 Å². The monoisotopic (exact) mass is 981 g/mol. The Morgan fingerprint density at radius 3 is 0.973 bits per heavy atom. The first-order valence-corrected chi connectivity index (χ1v) is 28.6. The van der Waals surface area contributed by atoms with Crippen molar-refractivity contribution in [2.75, 3.05) is 0 Å². The molecule has 0 aliphatic carbocycles. The van der Waals surface area contributed by atoms with Crippen molar-refractivity contribution in [2.45, 2.75) is 209 Å². The highest BCUT2D eigenvalue weighted by Gasteiger charge is 2.04. The average Bonchev–Trinajstić information content (AvgIpc) is 3.42. The molecule has 73 heavy (non-hydrogen) atoms. The zero-order chi connectivity index (χ0) is 54.7. The molecule has 0 amide bonds. The van der Waals surface area contributed by atoms with E-state index in [-0.39, 0.29) is 0 Å². The molecule has 0 fully saturated rings. The highest BCUT2D eigenvalue weighted by molar-refractivity contribution is 5.39. The van der Waals surface area contributed by atoms with Gasteiger partial charge in [-0.3, -0.25) is 0 Å². The van der Waals surface area contributed by atoms with E-state index in [1.54, 1.807) is 0 Å². The quantitative estimate of drug-likeness (QED) is 0.114. The van der Waals surface area contributed by atoms with Gasteiger partial charge >= 0.3 is 0 Å². The molecule has 0 heterocycles. The van der Waals surface area contributed by atoms with Gasteiger partial charge in [0.15, 0.2) is 0 Å². The number of hydrogen-bond donors (Lipinski definition) is 0. The van der Waals surface area contributed by atoms with E-state index in [0.717, 1.165) is 77.0 Å². The first-order valence-electron chi connectivity index (χ1n) is 28.6. The molecule has 0 aromatic heterocycles. The van der Waals surface area contributed by atoms with E-state index in [1.807, 2.05) is 0 Å². The molecule has 0 saturated carbocycles. The molecule has 396 valence electrons. The van der Waals surface area contributed by atoms with Crippen molar-refractivity contribution in [3.8, 4) is 0 Å². The van der Waals surface area contributed by atoms with Crippen molar-refractivity contribution in [2.24, 2.45) is 0 Å². The topological polar surface area (TPSA) is 0 Å². The Labute approximate surface area is 451 Å². The Bertz CT molecular complexity index is 2470. The molecule has 7 aromatic carbocycles. The van der Waals surface area contributed by atoms with Gasteiger partial charge in [0.2, 0.25) is 0 Å². The van der Waals surface area contributed by atoms with Gasteiger partial charge in [-0.25, -0.2) is 0 Å². The van der Waals surface area contributed by atoms with Crippen LogP contribution in [0.5, 0.6) is 0 Å². The van der Waals surface area contributed by atoms with Gasteiger partial charge in [-0.1, -0.05) is 239 Å². The van der Waals surface area contributed by atoms with Crippen LogP contribution in [0, 0.1) is 48.5 Å². The van der Waals surface area contributed by atoms with Crippen molar-refractivity contribution in [1.82, 2.24) is 0 Å². The number of rotatable bonds is 12. The number of hydrogen-bond acceptors (Lipinski definition) is 0. The molecule has 7 rings (SSSR count). The molecule has 0 bridgehead atoms. The van der Waals surface area contributed by atoms with Gasteiger partial charge in [0.25, 0.3) is 0 Å². The molecular formula is C73H104. The Kier molecular flexibility index (Phi) is 34.3. The lowest BCUT2D eigenvalue weighted by atomic mass is 9.95. The molecule has 0 radical (unpaired) electrons. The maximum absolute atomic E-state index is 2.36. The van der Waals surface area contributed by atoms with Crippen LogP contribution in [0.3, 0.4) is 0 Å². The maximum atomic E-state index is 2.36. The van der Waals surface area contributed by atoms with Crippen molar-refractivity contribution in [3.05, 3.63) is 245 Å². The Balaban J connectivity index is 0.000000427. The molecule has 0 heteroatoms. The van der Waals surface area contributed by atoms with Gasteiger partial charge in [-0.05, 0) is 215 Å². The van der Waals surface area contributed by atoms with Gasteiger partial charge in [-0.15, -0.1) is 0 Å². The maximum Gasteiger partial charge on any atom is -0.0305 e. The van der Waals surface area contributed by atoms with Crippen LogP contribution < -0.4 is 0 Å². The second-order valence-electron chi connectivity index (χ2n) is 19.5. The summed E-state index contributed by atoms with van der Waals surface area (Å²) in [7, 11) is 0. The van der Waals surface area contributed by atoms with Crippen LogP contribution in [0.25, 0.3) is 0 Å². The summed E-state index contributed by atoms with van der Waals surface area (Å²) >= 11 is 0. The predicted octanol–water partition coefficient (Wildman–Crippen LogP) is 20.7. The van der Waals surface area contributed by atoms with Crippen LogP contribution in [0.15, 0.2) is 140 Å². The second kappa shape index (κ2) is 38.2. The number of benzene rings is 7. The van der Waals surface area contributed by atoms with Crippen molar-refractivity contribution in [3.63, 3.8) is 0 Å². The van der Waals surface area contributed by atoms with Crippen LogP contribution >= 0.6 is 0 Å². The lowest BCUT2D eigenvalue weighted by Crippen LogP contribution is -1.96. The van der Waals surface area contributed by atoms with Crippen LogP contribution in [-0.2, 0) is 77.0 Å². The summed E-state index contributed by atoms with van der Waals surface area (Å²) in [6, 6.07) is 50.6. The van der Waals surface area contributed by atoms with E-state index in [0.29, 0.717) is 0 Å². The van der Waals surface area contributed by atoms with Crippen LogP contribution in [0.1, 0.15) is 189 Å². The van der Waals surface area contributed by atoms with E-state index in [4.69, 9.17) is 0 Å². The smallest absolute Gasteiger partial charge is 0.0305 e. The lowest BCUT2D eigenvalue weighted by molar-refractivity contribution is 1.01. The standard InChI is InChI=1S/C13H20.3C11H16.3C9H12/c1-5-11-8-12(6-2)10(4)13(7-3)9-11;1-4-10-6-9(3)7-11(5-2)8-10;1-4-10-7-6-9(3)11(5-2)8-10;1-4-10-7-6-8-11(5-2)9(10)3;1-3-9-6-4-8(2)5-7-9;1-3-9-6-4-5-8(2)7-9;1-3-9-7-5-4-6-8(9)2/h8-9H,5-7H2,1-4H3;3*6-8H,4-5H2,1-3H3;3*4-7H,3H2,1-2H3. The third-order valence-corrected chi connectivity index (χ3v) is 14.1. The molecule has 0 aliphatic heterocycles. The van der Waals surface area contributed by atoms with Gasteiger partial charge < -0.3 is 0 Å². The fraction of sp³-hybridized carbons (Fsp3) is 0.425. The van der Waals surface area contributed by atoms with Crippen molar-refractivity contribution < 1.29 is 0 Å². The summed E-state index contributed by atoms with van der Waals surface area (Å²) < 4.78 is 0. The molecular weight excluding hydrogens is 877 g/mol. The summed E-state index contributed by atoms with van der Waals surface area (Å²) in [5.74, 6) is 0. The molecule has 0 spiro atoms. The lowest BCUT2D eigenvalue weighted by Gasteiger charge is -2.11. The van der Waals surface area contributed by atoms with Crippen LogP contribution in [0.2, 0.25) is 0 Å². The predicted molar refractivity (Wildman–Crippen MR) is 331 cm³/mol. The molecule has 0 N–H and O–H groups in total. The minimum Gasteiger partial charge on any atom is -0.0620 e. The van der Waals surface area contributed by atoms with Gasteiger partial charge in [0.1, 0.15) is 0 Å². The SMILES string of the molecule is CCc1cc(C)cc(CC)c1.CCc1cc(CC)c(C)c(CC)c1.CCc1ccc(C)c(CC)c1.CCc1ccc(C)cc1.CCc1cccc(C)c1.CCc1cccc(CC)c1C.CCc1ccccc1C. The van der Waals surface area contributed by atoms with Crippen LogP contribution in [-0.4, -0.2) is 0 Å². The second-order valence-corrected chi connectivity index (χ2v) is 19.5. The van der Waals surface area contributed by atoms with E-state index in [1.165, 1.54) is 106 Å². The highest BCUT2D eigenvalue weighted by atomic mass is 14.1. The summed E-state index contributed by atoms with van der Waals surface area (Å²) in [5, 5.41) is 0. The molecule has 0 nitrogen and oxygen atoms in total. The summed E-state index contributed by atoms with van der Waals surface area (Å²) in [4.78, 5) is 0. The Morgan fingerprint density at radius 2 is 0.562 bits per heavy atom. The summed E-state index contributed by atoms with van der Waals surface area (Å²) in [6.45, 7) is 41.7. The third kappa shape index (κ3) is 25.4. The highest BCUT2D eigenvalue weighted by Crippen LogP contribution is 2.19. The Morgan fingerprint density at radius 1 is 0.205 bits per heavy atom. The minimum absolute atomic E-state index is 1.14. The van der Waals surface area contributed by atoms with Gasteiger partial charge in [0.05, 0.1) is 0 Å². The van der Waals surface area contributed by atoms with E-state index < -0.39 is 0 Å². The molecule has 0 aliphatic rings. The molecule has 0 saturated heterocycles. The van der Waals surface area contributed by atoms with Gasteiger partial charge in [0, 0.05) is 0 Å². The van der Waals surface area contributed by atoms with Crippen molar-refractivity contribution >= 4 is 0 Å². The normalized spacial score (nSPS) is 9.96. The fourth-order valence-corrected chi connectivity index (χ4v) is 8.80. The summed E-state index contributed by atoms with van der Waals surface area (Å²) in [5.41, 5.74) is 27.6. The first-order chi connectivity index (χ1) is 35.0.